The summed E-state index contributed by atoms with van der Waals surface area (Å²) in [4.78, 5) is 0. The van der Waals surface area contributed by atoms with Gasteiger partial charge in [-0.25, -0.2) is 0 Å². The second kappa shape index (κ2) is 2.57. The number of hydrogen-bond donors (Lipinski definition) is 1. The normalized spacial score (nSPS) is 9.30. The first-order chi connectivity index (χ1) is 4.66. The summed E-state index contributed by atoms with van der Waals surface area (Å²) in [7, 11) is 2.42. The first-order valence-electron chi connectivity index (χ1n) is 2.64. The van der Waals surface area contributed by atoms with Crippen LogP contribution in [-0.4, -0.2) is 5.11 Å². The molecule has 1 aromatic heterocycles. The molecule has 0 amide bonds. The van der Waals surface area contributed by atoms with E-state index in [0.717, 1.165) is 4.62 Å². The van der Waals surface area contributed by atoms with E-state index >= 15 is 0 Å². The van der Waals surface area contributed by atoms with E-state index in [1.165, 1.54) is 11.3 Å². The molecule has 0 radical (unpaired) electrons. The van der Waals surface area contributed by atoms with Crippen molar-refractivity contribution >= 4 is 25.2 Å². The van der Waals surface area contributed by atoms with E-state index in [2.05, 4.69) is 9.24 Å². The van der Waals surface area contributed by atoms with Crippen LogP contribution in [0.15, 0.2) is 0 Å². The fourth-order valence-corrected chi connectivity index (χ4v) is 2.04. The fourth-order valence-electron chi connectivity index (χ4n) is 0.662. The summed E-state index contributed by atoms with van der Waals surface area (Å²) in [5.41, 5.74) is 1.25. The number of hydrogen-bond acceptors (Lipinski definition) is 3. The lowest BCUT2D eigenvalue weighted by Crippen LogP contribution is -1.87. The van der Waals surface area contributed by atoms with Gasteiger partial charge in [0.15, 0.2) is 5.06 Å². The molecule has 0 aliphatic carbocycles. The van der Waals surface area contributed by atoms with Crippen molar-refractivity contribution < 1.29 is 5.11 Å². The summed E-state index contributed by atoms with van der Waals surface area (Å²) < 4.78 is 0.803. The molecule has 0 aromatic carbocycles. The van der Waals surface area contributed by atoms with Crippen molar-refractivity contribution in [2.24, 2.45) is 0 Å². The minimum atomic E-state index is 0.238. The number of rotatable bonds is 0. The molecular formula is C6H6NOPS. The molecule has 1 heterocycles. The molecule has 0 fully saturated rings. The molecule has 1 atom stereocenters. The van der Waals surface area contributed by atoms with Crippen LogP contribution in [0.25, 0.3) is 0 Å². The van der Waals surface area contributed by atoms with Crippen LogP contribution in [0.4, 0.5) is 0 Å². The standard InChI is InChI=1S/C6H6NOPS/c1-3-4(2-7)6(9)10-5(3)8/h8H,9H2,1H3. The van der Waals surface area contributed by atoms with Crippen LogP contribution in [0.3, 0.4) is 0 Å². The number of nitriles is 1. The van der Waals surface area contributed by atoms with Gasteiger partial charge in [-0.05, 0) is 6.92 Å². The van der Waals surface area contributed by atoms with Gasteiger partial charge in [0, 0.05) is 10.2 Å². The van der Waals surface area contributed by atoms with Crippen molar-refractivity contribution in [1.82, 2.24) is 0 Å². The Kier molecular flexibility index (Phi) is 1.94. The van der Waals surface area contributed by atoms with Crippen LogP contribution >= 0.6 is 20.6 Å². The molecule has 1 aromatic rings. The van der Waals surface area contributed by atoms with Gasteiger partial charge in [-0.2, -0.15) is 5.26 Å². The maximum absolute atomic E-state index is 9.11. The first-order valence-corrected chi connectivity index (χ1v) is 4.04. The zero-order valence-electron chi connectivity index (χ0n) is 5.38. The topological polar surface area (TPSA) is 44.0 Å². The van der Waals surface area contributed by atoms with Crippen molar-refractivity contribution in [2.45, 2.75) is 6.92 Å². The third-order valence-corrected chi connectivity index (χ3v) is 2.83. The molecule has 10 heavy (non-hydrogen) atoms. The Balaban J connectivity index is 3.37. The van der Waals surface area contributed by atoms with Crippen LogP contribution < -0.4 is 4.62 Å². The van der Waals surface area contributed by atoms with Crippen LogP contribution in [0.1, 0.15) is 11.1 Å². The van der Waals surface area contributed by atoms with E-state index in [-0.39, 0.29) is 5.06 Å². The highest BCUT2D eigenvalue weighted by Gasteiger charge is 2.09. The Morgan fingerprint density at radius 3 is 2.50 bits per heavy atom. The molecule has 0 spiro atoms. The van der Waals surface area contributed by atoms with E-state index in [1.807, 2.05) is 6.07 Å². The number of thiophene rings is 1. The molecule has 52 valence electrons. The van der Waals surface area contributed by atoms with Gasteiger partial charge in [0.25, 0.3) is 0 Å². The summed E-state index contributed by atoms with van der Waals surface area (Å²) in [5.74, 6) is 0. The van der Waals surface area contributed by atoms with Crippen molar-refractivity contribution in [3.8, 4) is 11.1 Å². The highest BCUT2D eigenvalue weighted by molar-refractivity contribution is 7.44. The van der Waals surface area contributed by atoms with E-state index in [9.17, 15) is 0 Å². The van der Waals surface area contributed by atoms with Crippen molar-refractivity contribution in [1.29, 1.82) is 5.26 Å². The fraction of sp³-hybridized carbons (Fsp3) is 0.167. The summed E-state index contributed by atoms with van der Waals surface area (Å²) in [6.45, 7) is 1.73. The SMILES string of the molecule is Cc1c(O)sc(P)c1C#N. The van der Waals surface area contributed by atoms with Gasteiger partial charge in [-0.15, -0.1) is 0 Å². The van der Waals surface area contributed by atoms with Crippen LogP contribution in [0.5, 0.6) is 5.06 Å². The Morgan fingerprint density at radius 1 is 1.70 bits per heavy atom. The molecule has 1 rings (SSSR count). The summed E-state index contributed by atoms with van der Waals surface area (Å²) in [6.07, 6.45) is 0. The van der Waals surface area contributed by atoms with E-state index in [0.29, 0.717) is 11.1 Å². The zero-order chi connectivity index (χ0) is 7.72. The summed E-state index contributed by atoms with van der Waals surface area (Å²) in [6, 6.07) is 2.01. The molecule has 0 aliphatic rings. The Hall–Kier alpha value is -0.580. The van der Waals surface area contributed by atoms with E-state index in [4.69, 9.17) is 10.4 Å². The third-order valence-electron chi connectivity index (χ3n) is 1.26. The van der Waals surface area contributed by atoms with Crippen LogP contribution in [0.2, 0.25) is 0 Å². The molecule has 4 heteroatoms. The lowest BCUT2D eigenvalue weighted by molar-refractivity contribution is 0.487. The van der Waals surface area contributed by atoms with Crippen molar-refractivity contribution in [3.05, 3.63) is 11.1 Å². The zero-order valence-corrected chi connectivity index (χ0v) is 7.35. The Labute approximate surface area is 65.3 Å². The average Bonchev–Trinajstić information content (AvgIpc) is 2.09. The van der Waals surface area contributed by atoms with E-state index in [1.54, 1.807) is 6.92 Å². The molecular weight excluding hydrogens is 165 g/mol. The van der Waals surface area contributed by atoms with Crippen LogP contribution in [-0.2, 0) is 0 Å². The van der Waals surface area contributed by atoms with Gasteiger partial charge in [0.1, 0.15) is 6.07 Å². The molecule has 0 aliphatic heterocycles. The summed E-state index contributed by atoms with van der Waals surface area (Å²) >= 11 is 1.22. The highest BCUT2D eigenvalue weighted by atomic mass is 32.1. The minimum absolute atomic E-state index is 0.238. The van der Waals surface area contributed by atoms with Gasteiger partial charge in [-0.3, -0.25) is 0 Å². The largest absolute Gasteiger partial charge is 0.499 e. The Bertz CT molecular complexity index is 299. The summed E-state index contributed by atoms with van der Waals surface area (Å²) in [5, 5.41) is 17.9. The second-order valence-corrected chi connectivity index (χ2v) is 3.91. The van der Waals surface area contributed by atoms with Gasteiger partial charge in [0.05, 0.1) is 5.56 Å². The van der Waals surface area contributed by atoms with Crippen LogP contribution in [0, 0.1) is 18.3 Å². The van der Waals surface area contributed by atoms with Crippen molar-refractivity contribution in [3.63, 3.8) is 0 Å². The molecule has 0 bridgehead atoms. The Morgan fingerprint density at radius 2 is 2.30 bits per heavy atom. The smallest absolute Gasteiger partial charge is 0.176 e. The molecule has 2 nitrogen and oxygen atoms in total. The van der Waals surface area contributed by atoms with Gasteiger partial charge >= 0.3 is 0 Å². The first kappa shape index (κ1) is 7.53. The van der Waals surface area contributed by atoms with Gasteiger partial charge in [0.2, 0.25) is 0 Å². The lowest BCUT2D eigenvalue weighted by atomic mass is 10.2. The lowest BCUT2D eigenvalue weighted by Gasteiger charge is -1.84. The molecule has 1 unspecified atom stereocenters. The number of aromatic hydroxyl groups is 1. The van der Waals surface area contributed by atoms with Gasteiger partial charge in [-0.1, -0.05) is 20.6 Å². The minimum Gasteiger partial charge on any atom is -0.499 e. The predicted octanol–water partition coefficient (Wildman–Crippen LogP) is 1.13. The third kappa shape index (κ3) is 1.01. The molecule has 0 saturated heterocycles. The molecule has 0 saturated carbocycles. The highest BCUT2D eigenvalue weighted by Crippen LogP contribution is 2.27. The molecule has 1 N–H and O–H groups in total. The maximum atomic E-state index is 9.11. The van der Waals surface area contributed by atoms with Gasteiger partial charge < -0.3 is 5.11 Å². The quantitative estimate of drug-likeness (QED) is 0.595. The van der Waals surface area contributed by atoms with Crippen molar-refractivity contribution in [2.75, 3.05) is 0 Å². The van der Waals surface area contributed by atoms with E-state index < -0.39 is 0 Å². The maximum Gasteiger partial charge on any atom is 0.176 e. The monoisotopic (exact) mass is 171 g/mol. The average molecular weight is 171 g/mol. The number of nitrogens with zero attached hydrogens (tertiary/aromatic N) is 1. The second-order valence-electron chi connectivity index (χ2n) is 1.88. The predicted molar refractivity (Wildman–Crippen MR) is 44.8 cm³/mol.